The van der Waals surface area contributed by atoms with Crippen LogP contribution in [-0.2, 0) is 4.79 Å². The standard InChI is InChI=1S/C21H33N5O3/c1-17(2)23-10-8-18(9-11-23)22(3)16-21(27)25-14-12-24(13-15-25)19-6-4-5-7-20(19)26(28)29/h4-7,17-18H,8-16H2,1-3H3. The normalized spacial score (nSPS) is 19.2. The molecule has 0 radical (unpaired) electrons. The van der Waals surface area contributed by atoms with Gasteiger partial charge in [-0.3, -0.25) is 19.8 Å². The molecular formula is C21H33N5O3. The van der Waals surface area contributed by atoms with Crippen LogP contribution in [0, 0.1) is 10.1 Å². The van der Waals surface area contributed by atoms with E-state index in [1.807, 2.05) is 15.9 Å². The quantitative estimate of drug-likeness (QED) is 0.535. The van der Waals surface area contributed by atoms with Gasteiger partial charge in [-0.15, -0.1) is 0 Å². The Morgan fingerprint density at radius 2 is 1.76 bits per heavy atom. The van der Waals surface area contributed by atoms with Crippen LogP contribution in [0.3, 0.4) is 0 Å². The van der Waals surface area contributed by atoms with Crippen LogP contribution in [0.1, 0.15) is 26.7 Å². The highest BCUT2D eigenvalue weighted by Gasteiger charge is 2.28. The van der Waals surface area contributed by atoms with Gasteiger partial charge in [0.2, 0.25) is 5.91 Å². The van der Waals surface area contributed by atoms with Crippen LogP contribution in [0.2, 0.25) is 0 Å². The lowest BCUT2D eigenvalue weighted by Gasteiger charge is -2.40. The Balaban J connectivity index is 1.49. The van der Waals surface area contributed by atoms with E-state index in [9.17, 15) is 14.9 Å². The van der Waals surface area contributed by atoms with E-state index in [1.165, 1.54) is 6.07 Å². The van der Waals surface area contributed by atoms with Gasteiger partial charge in [0.25, 0.3) is 5.69 Å². The van der Waals surface area contributed by atoms with Crippen LogP contribution in [0.25, 0.3) is 0 Å². The Morgan fingerprint density at radius 1 is 1.14 bits per heavy atom. The second-order valence-electron chi connectivity index (χ2n) is 8.39. The van der Waals surface area contributed by atoms with Crippen molar-refractivity contribution in [3.63, 3.8) is 0 Å². The number of para-hydroxylation sites is 2. The number of nitro groups is 1. The molecule has 0 spiro atoms. The summed E-state index contributed by atoms with van der Waals surface area (Å²) in [4.78, 5) is 32.3. The van der Waals surface area contributed by atoms with E-state index in [0.29, 0.717) is 50.5 Å². The fourth-order valence-corrected chi connectivity index (χ4v) is 4.37. The molecule has 0 bridgehead atoms. The molecule has 2 heterocycles. The number of likely N-dealkylation sites (tertiary alicyclic amines) is 1. The fraction of sp³-hybridized carbons (Fsp3) is 0.667. The predicted octanol–water partition coefficient (Wildman–Crippen LogP) is 2.05. The van der Waals surface area contributed by atoms with Gasteiger partial charge in [-0.05, 0) is 52.9 Å². The van der Waals surface area contributed by atoms with E-state index < -0.39 is 0 Å². The zero-order chi connectivity index (χ0) is 21.0. The van der Waals surface area contributed by atoms with Crippen molar-refractivity contribution in [2.45, 2.75) is 38.8 Å². The van der Waals surface area contributed by atoms with Crippen molar-refractivity contribution < 1.29 is 9.72 Å². The number of piperazine rings is 1. The molecule has 0 N–H and O–H groups in total. The summed E-state index contributed by atoms with van der Waals surface area (Å²) in [7, 11) is 2.05. The maximum atomic E-state index is 12.8. The van der Waals surface area contributed by atoms with Crippen LogP contribution in [0.15, 0.2) is 24.3 Å². The van der Waals surface area contributed by atoms with Crippen molar-refractivity contribution in [2.24, 2.45) is 0 Å². The first-order chi connectivity index (χ1) is 13.9. The Kier molecular flexibility index (Phi) is 7.08. The first-order valence-corrected chi connectivity index (χ1v) is 10.6. The lowest BCUT2D eigenvalue weighted by atomic mass is 10.0. The van der Waals surface area contributed by atoms with E-state index >= 15 is 0 Å². The molecule has 2 fully saturated rings. The highest BCUT2D eigenvalue weighted by atomic mass is 16.6. The summed E-state index contributed by atoms with van der Waals surface area (Å²) in [6.07, 6.45) is 2.21. The fourth-order valence-electron chi connectivity index (χ4n) is 4.37. The van der Waals surface area contributed by atoms with Crippen molar-refractivity contribution in [1.29, 1.82) is 0 Å². The molecular weight excluding hydrogens is 370 g/mol. The second-order valence-corrected chi connectivity index (χ2v) is 8.39. The van der Waals surface area contributed by atoms with Gasteiger partial charge in [0.1, 0.15) is 5.69 Å². The maximum absolute atomic E-state index is 12.8. The van der Waals surface area contributed by atoms with Crippen molar-refractivity contribution in [2.75, 3.05) is 57.8 Å². The number of piperidine rings is 1. The Labute approximate surface area is 173 Å². The zero-order valence-electron chi connectivity index (χ0n) is 17.8. The van der Waals surface area contributed by atoms with Crippen LogP contribution in [-0.4, -0.2) is 90.5 Å². The average molecular weight is 404 g/mol. The van der Waals surface area contributed by atoms with E-state index in [2.05, 4.69) is 30.7 Å². The molecule has 3 rings (SSSR count). The molecule has 2 saturated heterocycles. The number of nitrogens with zero attached hydrogens (tertiary/aromatic N) is 5. The van der Waals surface area contributed by atoms with Crippen LogP contribution >= 0.6 is 0 Å². The molecule has 1 aromatic rings. The third-order valence-electron chi connectivity index (χ3n) is 6.29. The smallest absolute Gasteiger partial charge is 0.292 e. The summed E-state index contributed by atoms with van der Waals surface area (Å²) >= 11 is 0. The zero-order valence-corrected chi connectivity index (χ0v) is 17.8. The largest absolute Gasteiger partial charge is 0.362 e. The number of hydrogen-bond acceptors (Lipinski definition) is 6. The molecule has 8 nitrogen and oxygen atoms in total. The first-order valence-electron chi connectivity index (χ1n) is 10.6. The minimum Gasteiger partial charge on any atom is -0.362 e. The number of rotatable bonds is 6. The number of amides is 1. The first kappa shape index (κ1) is 21.5. The molecule has 0 atom stereocenters. The summed E-state index contributed by atoms with van der Waals surface area (Å²) < 4.78 is 0. The molecule has 29 heavy (non-hydrogen) atoms. The lowest BCUT2D eigenvalue weighted by molar-refractivity contribution is -0.384. The molecule has 2 aliphatic heterocycles. The van der Waals surface area contributed by atoms with Gasteiger partial charge < -0.3 is 14.7 Å². The average Bonchev–Trinajstić information content (AvgIpc) is 2.73. The number of nitro benzene ring substituents is 1. The summed E-state index contributed by atoms with van der Waals surface area (Å²) in [5, 5.41) is 11.3. The van der Waals surface area contributed by atoms with E-state index in [1.54, 1.807) is 12.1 Å². The Morgan fingerprint density at radius 3 is 2.34 bits per heavy atom. The number of hydrogen-bond donors (Lipinski definition) is 0. The lowest BCUT2D eigenvalue weighted by Crippen LogP contribution is -2.53. The SMILES string of the molecule is CC(C)N1CCC(N(C)CC(=O)N2CCN(c3ccccc3[N+](=O)[O-])CC2)CC1. The third-order valence-corrected chi connectivity index (χ3v) is 6.29. The van der Waals surface area contributed by atoms with E-state index in [0.717, 1.165) is 25.9 Å². The highest BCUT2D eigenvalue weighted by molar-refractivity contribution is 5.78. The number of carbonyl (C=O) groups excluding carboxylic acids is 1. The molecule has 8 heteroatoms. The van der Waals surface area contributed by atoms with Gasteiger partial charge in [0, 0.05) is 44.3 Å². The van der Waals surface area contributed by atoms with Gasteiger partial charge >= 0.3 is 0 Å². The van der Waals surface area contributed by atoms with Crippen LogP contribution < -0.4 is 4.90 Å². The summed E-state index contributed by atoms with van der Waals surface area (Å²) in [5.41, 5.74) is 0.762. The van der Waals surface area contributed by atoms with Crippen LogP contribution in [0.5, 0.6) is 0 Å². The second kappa shape index (κ2) is 9.54. The van der Waals surface area contributed by atoms with E-state index in [4.69, 9.17) is 0 Å². The van der Waals surface area contributed by atoms with Crippen LogP contribution in [0.4, 0.5) is 11.4 Å². The monoisotopic (exact) mass is 403 g/mol. The number of benzene rings is 1. The van der Waals surface area contributed by atoms with Crippen molar-refractivity contribution >= 4 is 17.3 Å². The number of anilines is 1. The van der Waals surface area contributed by atoms with Gasteiger partial charge in [-0.25, -0.2) is 0 Å². The predicted molar refractivity (Wildman–Crippen MR) is 114 cm³/mol. The molecule has 0 aromatic heterocycles. The highest BCUT2D eigenvalue weighted by Crippen LogP contribution is 2.28. The Hall–Kier alpha value is -2.19. The van der Waals surface area contributed by atoms with Gasteiger partial charge in [0.05, 0.1) is 11.5 Å². The molecule has 160 valence electrons. The molecule has 1 amide bonds. The van der Waals surface area contributed by atoms with E-state index in [-0.39, 0.29) is 16.5 Å². The Bertz CT molecular complexity index is 710. The molecule has 0 aliphatic carbocycles. The molecule has 0 unspecified atom stereocenters. The van der Waals surface area contributed by atoms with Gasteiger partial charge in [-0.2, -0.15) is 0 Å². The van der Waals surface area contributed by atoms with Gasteiger partial charge in [-0.1, -0.05) is 12.1 Å². The van der Waals surface area contributed by atoms with Crippen molar-refractivity contribution in [3.05, 3.63) is 34.4 Å². The molecule has 2 aliphatic rings. The summed E-state index contributed by atoms with van der Waals surface area (Å²) in [6.45, 7) is 9.53. The minimum atomic E-state index is -0.341. The maximum Gasteiger partial charge on any atom is 0.292 e. The van der Waals surface area contributed by atoms with Gasteiger partial charge in [0.15, 0.2) is 0 Å². The van der Waals surface area contributed by atoms with Crippen molar-refractivity contribution in [3.8, 4) is 0 Å². The summed E-state index contributed by atoms with van der Waals surface area (Å²) in [6, 6.07) is 7.86. The number of likely N-dealkylation sites (N-methyl/N-ethyl adjacent to an activating group) is 1. The number of carbonyl (C=O) groups is 1. The minimum absolute atomic E-state index is 0.125. The topological polar surface area (TPSA) is 73.2 Å². The molecule has 0 saturated carbocycles. The van der Waals surface area contributed by atoms with Crippen molar-refractivity contribution in [1.82, 2.24) is 14.7 Å². The third kappa shape index (κ3) is 5.25. The summed E-state index contributed by atoms with van der Waals surface area (Å²) in [5.74, 6) is 0.154. The molecule has 1 aromatic carbocycles.